The lowest BCUT2D eigenvalue weighted by atomic mass is 9.74. The Kier molecular flexibility index (Phi) is 7.07. The lowest BCUT2D eigenvalue weighted by molar-refractivity contribution is -0.126. The van der Waals surface area contributed by atoms with Crippen molar-refractivity contribution in [1.82, 2.24) is 19.8 Å². The van der Waals surface area contributed by atoms with Crippen LogP contribution in [0.3, 0.4) is 0 Å². The summed E-state index contributed by atoms with van der Waals surface area (Å²) in [6, 6.07) is 2.05. The number of carbonyl (C=O) groups excluding carboxylic acids is 1. The number of carbonyl (C=O) groups is 1. The van der Waals surface area contributed by atoms with Crippen molar-refractivity contribution in [2.24, 2.45) is 17.3 Å². The molecule has 0 saturated carbocycles. The molecule has 1 amide bonds. The van der Waals surface area contributed by atoms with Gasteiger partial charge in [-0.1, -0.05) is 13.8 Å². The number of amides is 1. The van der Waals surface area contributed by atoms with Crippen molar-refractivity contribution in [3.63, 3.8) is 0 Å². The Labute approximate surface area is 226 Å². The fourth-order valence-corrected chi connectivity index (χ4v) is 7.23. The zero-order valence-electron chi connectivity index (χ0n) is 22.8. The maximum absolute atomic E-state index is 13.0. The second-order valence-electron chi connectivity index (χ2n) is 12.8. The predicted molar refractivity (Wildman–Crippen MR) is 143 cm³/mol. The molecular formula is C27H38F3N5O2S. The van der Waals surface area contributed by atoms with Gasteiger partial charge in [0.05, 0.1) is 11.8 Å². The molecular weight excluding hydrogens is 515 g/mol. The van der Waals surface area contributed by atoms with Crippen molar-refractivity contribution in [3.8, 4) is 0 Å². The molecule has 7 nitrogen and oxygen atoms in total. The van der Waals surface area contributed by atoms with Gasteiger partial charge in [-0.2, -0.15) is 13.2 Å². The zero-order chi connectivity index (χ0) is 27.5. The van der Waals surface area contributed by atoms with E-state index >= 15 is 0 Å². The number of thiophene rings is 1. The average Bonchev–Trinajstić information content (AvgIpc) is 3.31. The van der Waals surface area contributed by atoms with Crippen molar-refractivity contribution in [1.29, 1.82) is 0 Å². The molecule has 0 bridgehead atoms. The van der Waals surface area contributed by atoms with Gasteiger partial charge in [-0.25, -0.2) is 14.8 Å². The number of aromatic nitrogens is 2. The normalized spacial score (nSPS) is 21.3. The van der Waals surface area contributed by atoms with Crippen molar-refractivity contribution in [2.75, 3.05) is 44.2 Å². The first-order valence-corrected chi connectivity index (χ1v) is 14.3. The van der Waals surface area contributed by atoms with E-state index in [9.17, 15) is 18.0 Å². The number of anilines is 1. The Morgan fingerprint density at radius 1 is 1.18 bits per heavy atom. The predicted octanol–water partition coefficient (Wildman–Crippen LogP) is 5.59. The summed E-state index contributed by atoms with van der Waals surface area (Å²) in [6.45, 7) is 15.3. The number of alkyl halides is 3. The van der Waals surface area contributed by atoms with Gasteiger partial charge in [-0.3, -0.25) is 4.90 Å². The molecule has 1 atom stereocenters. The first-order chi connectivity index (χ1) is 17.7. The van der Waals surface area contributed by atoms with E-state index in [0.29, 0.717) is 22.7 Å². The molecule has 1 unspecified atom stereocenters. The first-order valence-electron chi connectivity index (χ1n) is 13.5. The zero-order valence-corrected chi connectivity index (χ0v) is 23.7. The molecule has 3 saturated heterocycles. The summed E-state index contributed by atoms with van der Waals surface area (Å²) < 4.78 is 44.4. The highest BCUT2D eigenvalue weighted by atomic mass is 32.1. The Bertz CT molecular complexity index is 1170. The van der Waals surface area contributed by atoms with Crippen LogP contribution in [0, 0.1) is 17.3 Å². The van der Waals surface area contributed by atoms with Crippen molar-refractivity contribution in [2.45, 2.75) is 71.7 Å². The van der Waals surface area contributed by atoms with Crippen molar-refractivity contribution < 1.29 is 22.7 Å². The number of likely N-dealkylation sites (tertiary alicyclic amines) is 2. The van der Waals surface area contributed by atoms with Crippen molar-refractivity contribution >= 4 is 33.5 Å². The molecule has 0 aliphatic carbocycles. The van der Waals surface area contributed by atoms with Crippen molar-refractivity contribution in [3.05, 3.63) is 17.3 Å². The minimum absolute atomic E-state index is 0.173. The molecule has 1 spiro atoms. The van der Waals surface area contributed by atoms with Crippen LogP contribution in [-0.2, 0) is 11.2 Å². The summed E-state index contributed by atoms with van der Waals surface area (Å²) in [6.07, 6.45) is -1.80. The fourth-order valence-electron chi connectivity index (χ4n) is 6.21. The summed E-state index contributed by atoms with van der Waals surface area (Å²) in [5, 5.41) is 0.722. The van der Waals surface area contributed by atoms with Gasteiger partial charge in [0.15, 0.2) is 0 Å². The highest BCUT2D eigenvalue weighted by Crippen LogP contribution is 2.45. The highest BCUT2D eigenvalue weighted by Gasteiger charge is 2.52. The summed E-state index contributed by atoms with van der Waals surface area (Å²) in [5.41, 5.74) is -0.318. The van der Waals surface area contributed by atoms with Gasteiger partial charge in [0.25, 0.3) is 0 Å². The third-order valence-electron chi connectivity index (χ3n) is 7.84. The molecule has 3 aliphatic rings. The highest BCUT2D eigenvalue weighted by molar-refractivity contribution is 7.18. The number of hydrogen-bond donors (Lipinski definition) is 0. The van der Waals surface area contributed by atoms with Crippen LogP contribution in [0.2, 0.25) is 0 Å². The third-order valence-corrected chi connectivity index (χ3v) is 8.88. The maximum Gasteiger partial charge on any atom is 0.410 e. The first kappa shape index (κ1) is 27.4. The van der Waals surface area contributed by atoms with E-state index < -0.39 is 18.2 Å². The SMILES string of the molecule is CC(C)CC(C1CN(C(=O)OC(C)(C)C)C1)N1CC2(CCN(c3ncnc4sc(CC(F)(F)F)cc34)C2)C1. The molecule has 0 aromatic carbocycles. The number of halogens is 3. The Hall–Kier alpha value is -2.14. The van der Waals surface area contributed by atoms with Crippen LogP contribution in [-0.4, -0.2) is 82.9 Å². The van der Waals surface area contributed by atoms with Gasteiger partial charge < -0.3 is 14.5 Å². The van der Waals surface area contributed by atoms with E-state index in [2.05, 4.69) is 33.6 Å². The third kappa shape index (κ3) is 5.88. The van der Waals surface area contributed by atoms with E-state index in [1.165, 1.54) is 6.33 Å². The molecule has 11 heteroatoms. The molecule has 2 aromatic heterocycles. The quantitative estimate of drug-likeness (QED) is 0.465. The van der Waals surface area contributed by atoms with Crippen LogP contribution in [0.25, 0.3) is 10.2 Å². The molecule has 5 heterocycles. The van der Waals surface area contributed by atoms with Crippen LogP contribution in [0.5, 0.6) is 0 Å². The number of nitrogens with zero attached hydrogens (tertiary/aromatic N) is 5. The van der Waals surface area contributed by atoms with E-state index in [0.717, 1.165) is 74.7 Å². The number of fused-ring (bicyclic) bond motifs is 1. The van der Waals surface area contributed by atoms with E-state index in [4.69, 9.17) is 4.74 Å². The molecule has 5 rings (SSSR count). The number of hydrogen-bond acceptors (Lipinski definition) is 7. The molecule has 3 fully saturated rings. The summed E-state index contributed by atoms with van der Waals surface area (Å²) in [5.74, 6) is 1.76. The van der Waals surface area contributed by atoms with Gasteiger partial charge in [0.2, 0.25) is 0 Å². The van der Waals surface area contributed by atoms with Gasteiger partial charge in [-0.05, 0) is 45.6 Å². The monoisotopic (exact) mass is 553 g/mol. The number of rotatable bonds is 6. The minimum atomic E-state index is -4.24. The lowest BCUT2D eigenvalue weighted by Gasteiger charge is -2.56. The van der Waals surface area contributed by atoms with Crippen LogP contribution >= 0.6 is 11.3 Å². The molecule has 3 aliphatic heterocycles. The summed E-state index contributed by atoms with van der Waals surface area (Å²) >= 11 is 1.10. The smallest absolute Gasteiger partial charge is 0.410 e. The molecule has 0 N–H and O–H groups in total. The standard InChI is InChI=1S/C27H38F3N5O2S/c1-17(2)8-21(18-11-34(12-18)24(36)37-25(3,4)5)35-14-26(15-35)6-7-33(13-26)22-20-9-19(10-27(28,29)30)38-23(20)32-16-31-22/h9,16-18,21H,6-8,10-15H2,1-5H3. The van der Waals surface area contributed by atoms with Crippen LogP contribution in [0.1, 0.15) is 52.3 Å². The van der Waals surface area contributed by atoms with Crippen LogP contribution < -0.4 is 4.90 Å². The van der Waals surface area contributed by atoms with Gasteiger partial charge in [0, 0.05) is 61.5 Å². The summed E-state index contributed by atoms with van der Waals surface area (Å²) in [7, 11) is 0. The molecule has 210 valence electrons. The average molecular weight is 554 g/mol. The Balaban J connectivity index is 1.22. The lowest BCUT2D eigenvalue weighted by Crippen LogP contribution is -2.67. The fraction of sp³-hybridized carbons (Fsp3) is 0.741. The van der Waals surface area contributed by atoms with E-state index in [1.807, 2.05) is 25.7 Å². The molecule has 2 aromatic rings. The van der Waals surface area contributed by atoms with Crippen LogP contribution in [0.4, 0.5) is 23.8 Å². The maximum atomic E-state index is 13.0. The summed E-state index contributed by atoms with van der Waals surface area (Å²) in [4.78, 5) is 28.7. The molecule has 38 heavy (non-hydrogen) atoms. The Morgan fingerprint density at radius 2 is 1.89 bits per heavy atom. The topological polar surface area (TPSA) is 61.8 Å². The second-order valence-corrected chi connectivity index (χ2v) is 14.0. The van der Waals surface area contributed by atoms with E-state index in [1.54, 1.807) is 6.07 Å². The van der Waals surface area contributed by atoms with Gasteiger partial charge in [-0.15, -0.1) is 11.3 Å². The minimum Gasteiger partial charge on any atom is -0.444 e. The van der Waals surface area contributed by atoms with E-state index in [-0.39, 0.29) is 16.4 Å². The van der Waals surface area contributed by atoms with Gasteiger partial charge >= 0.3 is 12.3 Å². The second kappa shape index (κ2) is 9.80. The largest absolute Gasteiger partial charge is 0.444 e. The number of ether oxygens (including phenoxy) is 1. The van der Waals surface area contributed by atoms with Gasteiger partial charge in [0.1, 0.15) is 22.6 Å². The Morgan fingerprint density at radius 3 is 2.53 bits per heavy atom. The van der Waals surface area contributed by atoms with Crippen LogP contribution in [0.15, 0.2) is 12.4 Å². The molecule has 0 radical (unpaired) electrons.